The molecule has 1 fully saturated rings. The van der Waals surface area contributed by atoms with E-state index in [1.807, 2.05) is 0 Å². The number of aliphatic imine (C=N–C) groups is 1. The van der Waals surface area contributed by atoms with Gasteiger partial charge in [-0.25, -0.2) is 0 Å². The van der Waals surface area contributed by atoms with E-state index in [0.717, 1.165) is 25.6 Å². The number of guanidine groups is 1. The van der Waals surface area contributed by atoms with Gasteiger partial charge in [-0.2, -0.15) is 0 Å². The Morgan fingerprint density at radius 3 is 2.78 bits per heavy atom. The minimum absolute atomic E-state index is 0. The molecule has 1 aliphatic heterocycles. The van der Waals surface area contributed by atoms with Gasteiger partial charge in [0.25, 0.3) is 0 Å². The van der Waals surface area contributed by atoms with Crippen LogP contribution in [0.15, 0.2) is 47.5 Å². The van der Waals surface area contributed by atoms with Crippen LogP contribution >= 0.6 is 24.0 Å². The number of piperidine rings is 1. The predicted molar refractivity (Wildman–Crippen MR) is 127 cm³/mol. The Balaban J connectivity index is 0.00000261. The van der Waals surface area contributed by atoms with Gasteiger partial charge in [-0.1, -0.05) is 42.5 Å². The quantitative estimate of drug-likeness (QED) is 0.378. The van der Waals surface area contributed by atoms with E-state index in [1.165, 1.54) is 35.7 Å². The van der Waals surface area contributed by atoms with Gasteiger partial charge in [-0.15, -0.1) is 24.0 Å². The van der Waals surface area contributed by atoms with Crippen LogP contribution in [-0.4, -0.2) is 44.1 Å². The van der Waals surface area contributed by atoms with Gasteiger partial charge in [0, 0.05) is 19.6 Å². The smallest absolute Gasteiger partial charge is 0.191 e. The lowest BCUT2D eigenvalue weighted by Gasteiger charge is -2.29. The highest BCUT2D eigenvalue weighted by atomic mass is 127. The first-order valence-electron chi connectivity index (χ1n) is 9.88. The number of benzene rings is 2. The summed E-state index contributed by atoms with van der Waals surface area (Å²) in [5.74, 6) is 1.58. The zero-order valence-corrected chi connectivity index (χ0v) is 19.1. The predicted octanol–water partition coefficient (Wildman–Crippen LogP) is 4.42. The molecule has 5 heteroatoms. The second kappa shape index (κ2) is 10.9. The molecular formula is C22H33IN4. The van der Waals surface area contributed by atoms with E-state index in [-0.39, 0.29) is 30.0 Å². The molecule has 0 aromatic heterocycles. The third kappa shape index (κ3) is 6.07. The molecule has 1 saturated heterocycles. The highest BCUT2D eigenvalue weighted by Crippen LogP contribution is 2.24. The van der Waals surface area contributed by atoms with Crippen LogP contribution in [0.4, 0.5) is 0 Å². The van der Waals surface area contributed by atoms with Gasteiger partial charge in [-0.3, -0.25) is 4.99 Å². The lowest BCUT2D eigenvalue weighted by Crippen LogP contribution is -2.40. The first-order chi connectivity index (χ1) is 12.7. The fourth-order valence-electron chi connectivity index (χ4n) is 3.87. The molecule has 27 heavy (non-hydrogen) atoms. The van der Waals surface area contributed by atoms with E-state index in [0.29, 0.717) is 5.92 Å². The van der Waals surface area contributed by atoms with Crippen LogP contribution in [0.3, 0.4) is 0 Å². The highest BCUT2D eigenvalue weighted by Gasteiger charge is 2.17. The third-order valence-electron chi connectivity index (χ3n) is 5.22. The number of hydrogen-bond acceptors (Lipinski definition) is 2. The summed E-state index contributed by atoms with van der Waals surface area (Å²) in [7, 11) is 2.21. The van der Waals surface area contributed by atoms with Crippen molar-refractivity contribution < 1.29 is 0 Å². The van der Waals surface area contributed by atoms with Crippen LogP contribution in [-0.2, 0) is 0 Å². The summed E-state index contributed by atoms with van der Waals surface area (Å²) in [5.41, 5.74) is 1.31. The molecule has 2 aromatic rings. The summed E-state index contributed by atoms with van der Waals surface area (Å²) in [5, 5.41) is 9.60. The minimum Gasteiger partial charge on any atom is -0.357 e. The molecule has 0 amide bonds. The number of rotatable bonds is 5. The molecule has 1 aliphatic rings. The number of hydrogen-bond donors (Lipinski definition) is 2. The summed E-state index contributed by atoms with van der Waals surface area (Å²) in [4.78, 5) is 7.30. The van der Waals surface area contributed by atoms with Gasteiger partial charge in [0.2, 0.25) is 0 Å². The van der Waals surface area contributed by atoms with Crippen LogP contribution in [0.5, 0.6) is 0 Å². The zero-order valence-electron chi connectivity index (χ0n) is 16.7. The summed E-state index contributed by atoms with van der Waals surface area (Å²) in [6.07, 6.45) is 2.57. The van der Waals surface area contributed by atoms with Crippen molar-refractivity contribution in [3.05, 3.63) is 48.0 Å². The molecule has 0 saturated carbocycles. The van der Waals surface area contributed by atoms with Crippen LogP contribution in [0.2, 0.25) is 0 Å². The van der Waals surface area contributed by atoms with E-state index < -0.39 is 0 Å². The molecule has 2 N–H and O–H groups in total. The summed E-state index contributed by atoms with van der Waals surface area (Å²) in [6, 6.07) is 15.3. The Bertz CT molecular complexity index is 741. The van der Waals surface area contributed by atoms with Crippen molar-refractivity contribution in [2.24, 2.45) is 10.9 Å². The Kier molecular flexibility index (Phi) is 8.83. The minimum atomic E-state index is 0. The van der Waals surface area contributed by atoms with Crippen molar-refractivity contribution in [3.8, 4) is 0 Å². The van der Waals surface area contributed by atoms with Crippen LogP contribution in [0.25, 0.3) is 10.8 Å². The van der Waals surface area contributed by atoms with Gasteiger partial charge in [0.05, 0.1) is 6.04 Å². The fraction of sp³-hybridized carbons (Fsp3) is 0.500. The van der Waals surface area contributed by atoms with Gasteiger partial charge >= 0.3 is 0 Å². The standard InChI is InChI=1S/C22H32N4.HI/c1-4-23-22(24-15-18-9-8-14-26(3)16-18)25-17(2)20-13-7-11-19-10-5-6-12-21(19)20;/h5-7,10-13,17-18H,4,8-9,14-16H2,1-3H3,(H2,23,24,25);1H. The van der Waals surface area contributed by atoms with Gasteiger partial charge in [0.1, 0.15) is 0 Å². The maximum atomic E-state index is 4.88. The molecule has 0 radical (unpaired) electrons. The van der Waals surface area contributed by atoms with Crippen molar-refractivity contribution in [2.75, 3.05) is 33.2 Å². The average Bonchev–Trinajstić information content (AvgIpc) is 2.66. The Hall–Kier alpha value is -1.34. The lowest BCUT2D eigenvalue weighted by atomic mass is 9.99. The van der Waals surface area contributed by atoms with Gasteiger partial charge in [-0.05, 0) is 62.5 Å². The first kappa shape index (κ1) is 22.0. The number of fused-ring (bicyclic) bond motifs is 1. The van der Waals surface area contributed by atoms with E-state index in [4.69, 9.17) is 4.99 Å². The molecular weight excluding hydrogens is 447 g/mol. The largest absolute Gasteiger partial charge is 0.357 e. The molecule has 2 aromatic carbocycles. The second-order valence-electron chi connectivity index (χ2n) is 7.42. The van der Waals surface area contributed by atoms with Gasteiger partial charge in [0.15, 0.2) is 5.96 Å². The molecule has 0 aliphatic carbocycles. The van der Waals surface area contributed by atoms with E-state index >= 15 is 0 Å². The molecule has 4 nitrogen and oxygen atoms in total. The highest BCUT2D eigenvalue weighted by molar-refractivity contribution is 14.0. The van der Waals surface area contributed by atoms with Crippen molar-refractivity contribution in [3.63, 3.8) is 0 Å². The van der Waals surface area contributed by atoms with E-state index in [2.05, 4.69) is 78.9 Å². The summed E-state index contributed by atoms with van der Waals surface area (Å²) >= 11 is 0. The lowest BCUT2D eigenvalue weighted by molar-refractivity contribution is 0.214. The SMILES string of the molecule is CCNC(=NCC1CCCN(C)C1)NC(C)c1cccc2ccccc12.I. The summed E-state index contributed by atoms with van der Waals surface area (Å²) in [6.45, 7) is 8.47. The normalized spacial score (nSPS) is 19.4. The fourth-order valence-corrected chi connectivity index (χ4v) is 3.87. The van der Waals surface area contributed by atoms with Crippen molar-refractivity contribution in [1.82, 2.24) is 15.5 Å². The number of halogens is 1. The Morgan fingerprint density at radius 2 is 2.00 bits per heavy atom. The summed E-state index contributed by atoms with van der Waals surface area (Å²) < 4.78 is 0. The molecule has 0 bridgehead atoms. The topological polar surface area (TPSA) is 39.7 Å². The molecule has 0 spiro atoms. The zero-order chi connectivity index (χ0) is 18.4. The van der Waals surface area contributed by atoms with Crippen molar-refractivity contribution in [2.45, 2.75) is 32.7 Å². The molecule has 2 atom stereocenters. The van der Waals surface area contributed by atoms with Crippen LogP contribution in [0.1, 0.15) is 38.3 Å². The Morgan fingerprint density at radius 1 is 1.22 bits per heavy atom. The first-order valence-corrected chi connectivity index (χ1v) is 9.88. The molecule has 2 unspecified atom stereocenters. The van der Waals surface area contributed by atoms with Crippen molar-refractivity contribution >= 4 is 40.7 Å². The number of nitrogens with one attached hydrogen (secondary N) is 2. The molecule has 148 valence electrons. The van der Waals surface area contributed by atoms with E-state index in [9.17, 15) is 0 Å². The number of nitrogens with zero attached hydrogens (tertiary/aromatic N) is 2. The maximum Gasteiger partial charge on any atom is 0.191 e. The van der Waals surface area contributed by atoms with Crippen molar-refractivity contribution in [1.29, 1.82) is 0 Å². The monoisotopic (exact) mass is 480 g/mol. The van der Waals surface area contributed by atoms with Gasteiger partial charge < -0.3 is 15.5 Å². The number of likely N-dealkylation sites (tertiary alicyclic amines) is 1. The van der Waals surface area contributed by atoms with E-state index in [1.54, 1.807) is 0 Å². The second-order valence-corrected chi connectivity index (χ2v) is 7.42. The maximum absolute atomic E-state index is 4.88. The molecule has 3 rings (SSSR count). The average molecular weight is 480 g/mol. The van der Waals surface area contributed by atoms with Crippen LogP contribution in [0, 0.1) is 5.92 Å². The third-order valence-corrected chi connectivity index (χ3v) is 5.22. The molecule has 1 heterocycles. The Labute approximate surface area is 180 Å². The van der Waals surface area contributed by atoms with Crippen LogP contribution < -0.4 is 10.6 Å².